The molecule has 0 spiro atoms. The van der Waals surface area contributed by atoms with Gasteiger partial charge in [-0.05, 0) is 44.4 Å². The van der Waals surface area contributed by atoms with Gasteiger partial charge in [0.2, 0.25) is 5.91 Å². The maximum absolute atomic E-state index is 12.1. The van der Waals surface area contributed by atoms with Crippen LogP contribution in [0.15, 0.2) is 28.8 Å². The van der Waals surface area contributed by atoms with E-state index in [2.05, 4.69) is 10.5 Å². The Balaban J connectivity index is 1.74. The number of rotatable bonds is 3. The molecule has 1 aromatic heterocycles. The molecule has 1 aromatic carbocycles. The molecule has 4 nitrogen and oxygen atoms in total. The normalized spacial score (nSPS) is 15.3. The maximum Gasteiger partial charge on any atom is 0.227 e. The molecule has 1 amide bonds. The molecule has 0 aliphatic heterocycles. The molecule has 2 aromatic rings. The smallest absolute Gasteiger partial charge is 0.227 e. The lowest BCUT2D eigenvalue weighted by molar-refractivity contribution is -0.119. The Kier molecular flexibility index (Phi) is 3.78. The summed E-state index contributed by atoms with van der Waals surface area (Å²) in [5.74, 6) is 1.15. The predicted octanol–water partition coefficient (Wildman–Crippen LogP) is 4.09. The lowest BCUT2D eigenvalue weighted by atomic mass is 10.0. The average Bonchev–Trinajstić information content (AvgIpc) is 3.11. The molecular weight excluding hydrogens is 264 g/mol. The fraction of sp³-hybridized carbons (Fsp3) is 0.412. The maximum atomic E-state index is 12.1. The van der Waals surface area contributed by atoms with E-state index in [0.717, 1.165) is 41.1 Å². The second-order valence-corrected chi connectivity index (χ2v) is 5.75. The van der Waals surface area contributed by atoms with Crippen LogP contribution in [-0.2, 0) is 4.79 Å². The van der Waals surface area contributed by atoms with Crippen LogP contribution >= 0.6 is 0 Å². The van der Waals surface area contributed by atoms with Crippen molar-refractivity contribution in [1.82, 2.24) is 5.16 Å². The van der Waals surface area contributed by atoms with Gasteiger partial charge in [0.05, 0.1) is 5.69 Å². The number of carbonyl (C=O) groups is 1. The average molecular weight is 284 g/mol. The summed E-state index contributed by atoms with van der Waals surface area (Å²) in [7, 11) is 0. The first-order valence-corrected chi connectivity index (χ1v) is 7.49. The number of aromatic nitrogens is 1. The summed E-state index contributed by atoms with van der Waals surface area (Å²) in [5, 5.41) is 6.98. The quantitative estimate of drug-likeness (QED) is 0.923. The number of hydrogen-bond donors (Lipinski definition) is 1. The minimum atomic E-state index is 0.151. The minimum absolute atomic E-state index is 0.151. The van der Waals surface area contributed by atoms with E-state index in [-0.39, 0.29) is 11.8 Å². The molecule has 1 N–H and O–H groups in total. The Morgan fingerprint density at radius 1 is 1.19 bits per heavy atom. The summed E-state index contributed by atoms with van der Waals surface area (Å²) in [6.45, 7) is 3.84. The molecule has 0 atom stereocenters. The van der Waals surface area contributed by atoms with Crippen LogP contribution in [0.1, 0.15) is 37.1 Å². The van der Waals surface area contributed by atoms with Gasteiger partial charge in [0.1, 0.15) is 5.76 Å². The predicted molar refractivity (Wildman–Crippen MR) is 82.0 cm³/mol. The molecule has 0 radical (unpaired) electrons. The summed E-state index contributed by atoms with van der Waals surface area (Å²) in [6.07, 6.45) is 4.37. The Bertz CT molecular complexity index is 618. The van der Waals surface area contributed by atoms with Crippen molar-refractivity contribution in [1.29, 1.82) is 0 Å². The second kappa shape index (κ2) is 5.72. The number of carbonyl (C=O) groups excluding carboxylic acids is 1. The number of nitrogens with one attached hydrogen (secondary N) is 1. The number of hydrogen-bond acceptors (Lipinski definition) is 3. The third-order valence-electron chi connectivity index (χ3n) is 4.20. The van der Waals surface area contributed by atoms with Crippen LogP contribution in [0.2, 0.25) is 0 Å². The molecule has 110 valence electrons. The van der Waals surface area contributed by atoms with Crippen LogP contribution in [0, 0.1) is 19.8 Å². The van der Waals surface area contributed by atoms with E-state index < -0.39 is 0 Å². The number of nitrogens with zero attached hydrogens (tertiary/aromatic N) is 1. The van der Waals surface area contributed by atoms with Crippen molar-refractivity contribution in [3.63, 3.8) is 0 Å². The molecule has 4 heteroatoms. The van der Waals surface area contributed by atoms with Gasteiger partial charge in [-0.15, -0.1) is 0 Å². The van der Waals surface area contributed by atoms with Crippen molar-refractivity contribution in [3.05, 3.63) is 35.7 Å². The highest BCUT2D eigenvalue weighted by Gasteiger charge is 2.22. The van der Waals surface area contributed by atoms with Crippen molar-refractivity contribution >= 4 is 11.6 Å². The number of benzene rings is 1. The first kappa shape index (κ1) is 13.9. The zero-order valence-electron chi connectivity index (χ0n) is 12.5. The van der Waals surface area contributed by atoms with Crippen molar-refractivity contribution in [2.24, 2.45) is 5.92 Å². The summed E-state index contributed by atoms with van der Waals surface area (Å²) >= 11 is 0. The topological polar surface area (TPSA) is 55.1 Å². The third kappa shape index (κ3) is 2.84. The standard InChI is InChI=1S/C17H20N2O2/c1-11-16(12(2)21-19-11)13-7-9-15(10-8-13)18-17(20)14-5-3-4-6-14/h7-10,14H,3-6H2,1-2H3,(H,18,20). The van der Waals surface area contributed by atoms with Gasteiger partial charge in [0.25, 0.3) is 0 Å². The zero-order valence-corrected chi connectivity index (χ0v) is 12.5. The van der Waals surface area contributed by atoms with Crippen LogP contribution in [0.3, 0.4) is 0 Å². The Hall–Kier alpha value is -2.10. The summed E-state index contributed by atoms with van der Waals surface area (Å²) in [5.41, 5.74) is 3.83. The van der Waals surface area contributed by atoms with Crippen LogP contribution in [0.25, 0.3) is 11.1 Å². The first-order valence-electron chi connectivity index (χ1n) is 7.49. The molecule has 1 saturated carbocycles. The van der Waals surface area contributed by atoms with Crippen molar-refractivity contribution in [3.8, 4) is 11.1 Å². The van der Waals surface area contributed by atoms with E-state index in [1.54, 1.807) is 0 Å². The van der Waals surface area contributed by atoms with Crippen LogP contribution in [0.5, 0.6) is 0 Å². The Labute approximate surface area is 124 Å². The van der Waals surface area contributed by atoms with Gasteiger partial charge in [-0.25, -0.2) is 0 Å². The minimum Gasteiger partial charge on any atom is -0.361 e. The van der Waals surface area contributed by atoms with E-state index in [0.29, 0.717) is 0 Å². The second-order valence-electron chi connectivity index (χ2n) is 5.75. The summed E-state index contributed by atoms with van der Waals surface area (Å²) in [4.78, 5) is 12.1. The Morgan fingerprint density at radius 3 is 2.43 bits per heavy atom. The van der Waals surface area contributed by atoms with Gasteiger partial charge in [-0.2, -0.15) is 0 Å². The van der Waals surface area contributed by atoms with E-state index in [9.17, 15) is 4.79 Å². The molecule has 1 aliphatic carbocycles. The largest absolute Gasteiger partial charge is 0.361 e. The fourth-order valence-electron chi connectivity index (χ4n) is 3.05. The van der Waals surface area contributed by atoms with Gasteiger partial charge >= 0.3 is 0 Å². The van der Waals surface area contributed by atoms with Crippen LogP contribution in [0.4, 0.5) is 5.69 Å². The van der Waals surface area contributed by atoms with Crippen molar-refractivity contribution in [2.75, 3.05) is 5.32 Å². The molecular formula is C17H20N2O2. The number of anilines is 1. The fourth-order valence-corrected chi connectivity index (χ4v) is 3.05. The number of aryl methyl sites for hydroxylation is 2. The highest BCUT2D eigenvalue weighted by molar-refractivity contribution is 5.93. The SMILES string of the molecule is Cc1noc(C)c1-c1ccc(NC(=O)C2CCCC2)cc1. The van der Waals surface area contributed by atoms with E-state index in [1.807, 2.05) is 38.1 Å². The van der Waals surface area contributed by atoms with Gasteiger partial charge in [0.15, 0.2) is 0 Å². The lowest BCUT2D eigenvalue weighted by Gasteiger charge is -2.10. The Morgan fingerprint density at radius 2 is 1.86 bits per heavy atom. The molecule has 1 fully saturated rings. The van der Waals surface area contributed by atoms with Gasteiger partial charge in [-0.3, -0.25) is 4.79 Å². The lowest BCUT2D eigenvalue weighted by Crippen LogP contribution is -2.20. The molecule has 21 heavy (non-hydrogen) atoms. The third-order valence-corrected chi connectivity index (χ3v) is 4.20. The van der Waals surface area contributed by atoms with Crippen LogP contribution < -0.4 is 5.32 Å². The molecule has 0 unspecified atom stereocenters. The van der Waals surface area contributed by atoms with Crippen LogP contribution in [-0.4, -0.2) is 11.1 Å². The molecule has 0 bridgehead atoms. The molecule has 1 heterocycles. The highest BCUT2D eigenvalue weighted by Crippen LogP contribution is 2.29. The van der Waals surface area contributed by atoms with Crippen molar-refractivity contribution in [2.45, 2.75) is 39.5 Å². The number of amides is 1. The van der Waals surface area contributed by atoms with Crippen molar-refractivity contribution < 1.29 is 9.32 Å². The van der Waals surface area contributed by atoms with Gasteiger partial charge in [-0.1, -0.05) is 30.1 Å². The zero-order chi connectivity index (χ0) is 14.8. The van der Waals surface area contributed by atoms with E-state index in [1.165, 1.54) is 12.8 Å². The molecule has 3 rings (SSSR count). The highest BCUT2D eigenvalue weighted by atomic mass is 16.5. The summed E-state index contributed by atoms with van der Waals surface area (Å²) < 4.78 is 5.19. The van der Waals surface area contributed by atoms with Gasteiger partial charge in [0, 0.05) is 17.2 Å². The summed E-state index contributed by atoms with van der Waals surface area (Å²) in [6, 6.07) is 7.87. The van der Waals surface area contributed by atoms with E-state index in [4.69, 9.17) is 4.52 Å². The molecule has 1 aliphatic rings. The van der Waals surface area contributed by atoms with E-state index >= 15 is 0 Å². The first-order chi connectivity index (χ1) is 10.1. The van der Waals surface area contributed by atoms with Gasteiger partial charge < -0.3 is 9.84 Å². The monoisotopic (exact) mass is 284 g/mol. The molecule has 0 saturated heterocycles.